The minimum atomic E-state index is -0.912. The third-order valence-electron chi connectivity index (χ3n) is 2.85. The van der Waals surface area contributed by atoms with E-state index in [-0.39, 0.29) is 0 Å². The van der Waals surface area contributed by atoms with Gasteiger partial charge in [-0.25, -0.2) is 9.78 Å². The highest BCUT2D eigenvalue weighted by atomic mass is 35.5. The third kappa shape index (κ3) is 4.05. The van der Waals surface area contributed by atoms with Gasteiger partial charge >= 0.3 is 5.97 Å². The lowest BCUT2D eigenvalue weighted by Crippen LogP contribution is -2.29. The molecule has 0 aliphatic heterocycles. The highest BCUT2D eigenvalue weighted by molar-refractivity contribution is 7.13. The Morgan fingerprint density at radius 3 is 2.45 bits per heavy atom. The molecule has 2 aromatic rings. The van der Waals surface area contributed by atoms with E-state index in [1.807, 2.05) is 6.92 Å². The Bertz CT molecular complexity index is 697. The van der Waals surface area contributed by atoms with Gasteiger partial charge in [0.15, 0.2) is 6.10 Å². The van der Waals surface area contributed by atoms with E-state index >= 15 is 0 Å². The van der Waals surface area contributed by atoms with Crippen molar-refractivity contribution in [2.24, 2.45) is 0 Å². The van der Waals surface area contributed by atoms with Gasteiger partial charge in [0.1, 0.15) is 4.88 Å². The van der Waals surface area contributed by atoms with E-state index < -0.39 is 18.0 Å². The Kier molecular flexibility index (Phi) is 5.15. The third-order valence-corrected chi connectivity index (χ3v) is 4.16. The number of anilines is 1. The van der Waals surface area contributed by atoms with Gasteiger partial charge in [0, 0.05) is 10.7 Å². The molecule has 0 saturated carbocycles. The molecular weight excluding hydrogens is 324 g/mol. The molecule has 116 valence electrons. The van der Waals surface area contributed by atoms with Crippen molar-refractivity contribution < 1.29 is 14.3 Å². The number of thiazole rings is 1. The molecule has 0 saturated heterocycles. The van der Waals surface area contributed by atoms with Crippen LogP contribution in [0.1, 0.15) is 27.3 Å². The molecule has 1 unspecified atom stereocenters. The number of hydrogen-bond donors (Lipinski definition) is 1. The SMILES string of the molecule is Cc1nc(C)c(C(=O)OC(C)C(=O)Nc2ccc(Cl)cc2)s1. The average Bonchev–Trinajstić information content (AvgIpc) is 2.80. The van der Waals surface area contributed by atoms with E-state index in [4.69, 9.17) is 16.3 Å². The highest BCUT2D eigenvalue weighted by Gasteiger charge is 2.22. The quantitative estimate of drug-likeness (QED) is 0.865. The molecule has 5 nitrogen and oxygen atoms in total. The predicted molar refractivity (Wildman–Crippen MR) is 86.5 cm³/mol. The van der Waals surface area contributed by atoms with Crippen LogP contribution < -0.4 is 5.32 Å². The largest absolute Gasteiger partial charge is 0.448 e. The van der Waals surface area contributed by atoms with Crippen LogP contribution in [-0.2, 0) is 9.53 Å². The van der Waals surface area contributed by atoms with Crippen LogP contribution in [0.5, 0.6) is 0 Å². The second-order valence-electron chi connectivity index (χ2n) is 4.69. The van der Waals surface area contributed by atoms with E-state index in [1.165, 1.54) is 18.3 Å². The van der Waals surface area contributed by atoms with Gasteiger partial charge in [0.05, 0.1) is 10.7 Å². The molecule has 0 fully saturated rings. The second-order valence-corrected chi connectivity index (χ2v) is 6.33. The van der Waals surface area contributed by atoms with Crippen molar-refractivity contribution in [2.75, 3.05) is 5.32 Å². The van der Waals surface area contributed by atoms with Gasteiger partial charge in [-0.2, -0.15) is 0 Å². The maximum Gasteiger partial charge on any atom is 0.351 e. The molecule has 0 radical (unpaired) electrons. The number of rotatable bonds is 4. The zero-order valence-electron chi connectivity index (χ0n) is 12.3. The van der Waals surface area contributed by atoms with Crippen LogP contribution in [0, 0.1) is 13.8 Å². The van der Waals surface area contributed by atoms with Crippen molar-refractivity contribution in [3.8, 4) is 0 Å². The summed E-state index contributed by atoms with van der Waals surface area (Å²) in [5.74, 6) is -0.948. The van der Waals surface area contributed by atoms with E-state index in [1.54, 1.807) is 31.2 Å². The fraction of sp³-hybridized carbons (Fsp3) is 0.267. The summed E-state index contributed by atoms with van der Waals surface area (Å²) in [7, 11) is 0. The van der Waals surface area contributed by atoms with Crippen LogP contribution in [0.25, 0.3) is 0 Å². The average molecular weight is 339 g/mol. The Morgan fingerprint density at radius 1 is 1.27 bits per heavy atom. The Balaban J connectivity index is 1.97. The second kappa shape index (κ2) is 6.89. The van der Waals surface area contributed by atoms with E-state index in [0.717, 1.165) is 5.01 Å². The standard InChI is InChI=1S/C15H15ClN2O3S/c1-8-13(22-10(3)17-8)15(20)21-9(2)14(19)18-12-6-4-11(16)5-7-12/h4-7,9H,1-3H3,(H,18,19). The lowest BCUT2D eigenvalue weighted by Gasteiger charge is -2.13. The molecule has 0 bridgehead atoms. The summed E-state index contributed by atoms with van der Waals surface area (Å²) >= 11 is 7.03. The number of halogens is 1. The first-order chi connectivity index (χ1) is 10.4. The maximum absolute atomic E-state index is 12.0. The van der Waals surface area contributed by atoms with Gasteiger partial charge in [-0.3, -0.25) is 4.79 Å². The van der Waals surface area contributed by atoms with Gasteiger partial charge in [-0.05, 0) is 45.0 Å². The molecule has 1 aromatic heterocycles. The summed E-state index contributed by atoms with van der Waals surface area (Å²) < 4.78 is 5.18. The maximum atomic E-state index is 12.0. The van der Waals surface area contributed by atoms with Crippen molar-refractivity contribution in [2.45, 2.75) is 26.9 Å². The number of nitrogens with zero attached hydrogens (tertiary/aromatic N) is 1. The first-order valence-electron chi connectivity index (χ1n) is 6.58. The summed E-state index contributed by atoms with van der Waals surface area (Å²) in [6.45, 7) is 5.07. The fourth-order valence-corrected chi connectivity index (χ4v) is 2.69. The van der Waals surface area contributed by atoms with Crippen molar-refractivity contribution in [3.05, 3.63) is 44.9 Å². The number of aromatic nitrogens is 1. The molecule has 7 heteroatoms. The van der Waals surface area contributed by atoms with Crippen LogP contribution in [0.4, 0.5) is 5.69 Å². The number of ether oxygens (including phenoxy) is 1. The molecule has 1 N–H and O–H groups in total. The summed E-state index contributed by atoms with van der Waals surface area (Å²) in [6.07, 6.45) is -0.912. The minimum Gasteiger partial charge on any atom is -0.448 e. The Labute approximate surface area is 137 Å². The van der Waals surface area contributed by atoms with Crippen LogP contribution in [0.2, 0.25) is 5.02 Å². The number of carbonyl (C=O) groups is 2. The van der Waals surface area contributed by atoms with Crippen LogP contribution in [0.3, 0.4) is 0 Å². The van der Waals surface area contributed by atoms with Crippen molar-refractivity contribution in [1.82, 2.24) is 4.98 Å². The first kappa shape index (κ1) is 16.5. The predicted octanol–water partition coefficient (Wildman–Crippen LogP) is 3.60. The van der Waals surface area contributed by atoms with E-state index in [2.05, 4.69) is 10.3 Å². The monoisotopic (exact) mass is 338 g/mol. The highest BCUT2D eigenvalue weighted by Crippen LogP contribution is 2.19. The number of benzene rings is 1. The normalized spacial score (nSPS) is 11.8. The Morgan fingerprint density at radius 2 is 1.91 bits per heavy atom. The van der Waals surface area contributed by atoms with Gasteiger partial charge in [-0.15, -0.1) is 11.3 Å². The molecule has 0 aliphatic rings. The van der Waals surface area contributed by atoms with Gasteiger partial charge in [-0.1, -0.05) is 11.6 Å². The fourth-order valence-electron chi connectivity index (χ4n) is 1.77. The summed E-state index contributed by atoms with van der Waals surface area (Å²) in [6, 6.07) is 6.67. The molecule has 1 aromatic carbocycles. The van der Waals surface area contributed by atoms with E-state index in [9.17, 15) is 9.59 Å². The first-order valence-corrected chi connectivity index (χ1v) is 7.77. The molecule has 1 atom stereocenters. The zero-order valence-corrected chi connectivity index (χ0v) is 13.9. The molecular formula is C15H15ClN2O3S. The number of nitrogens with one attached hydrogen (secondary N) is 1. The molecule has 1 amide bonds. The molecule has 0 aliphatic carbocycles. The van der Waals surface area contributed by atoms with Gasteiger partial charge in [0.25, 0.3) is 5.91 Å². The number of amides is 1. The topological polar surface area (TPSA) is 68.3 Å². The van der Waals surface area contributed by atoms with Crippen molar-refractivity contribution >= 4 is 40.5 Å². The van der Waals surface area contributed by atoms with Crippen LogP contribution in [0.15, 0.2) is 24.3 Å². The number of esters is 1. The zero-order chi connectivity index (χ0) is 16.3. The molecule has 0 spiro atoms. The van der Waals surface area contributed by atoms with Crippen molar-refractivity contribution in [3.63, 3.8) is 0 Å². The molecule has 22 heavy (non-hydrogen) atoms. The van der Waals surface area contributed by atoms with E-state index in [0.29, 0.717) is 21.3 Å². The minimum absolute atomic E-state index is 0.408. The summed E-state index contributed by atoms with van der Waals surface area (Å²) in [5.41, 5.74) is 1.19. The van der Waals surface area contributed by atoms with Crippen LogP contribution in [-0.4, -0.2) is 23.0 Å². The summed E-state index contributed by atoms with van der Waals surface area (Å²) in [5, 5.41) is 4.02. The number of hydrogen-bond acceptors (Lipinski definition) is 5. The lowest BCUT2D eigenvalue weighted by molar-refractivity contribution is -0.123. The summed E-state index contributed by atoms with van der Waals surface area (Å²) in [4.78, 5) is 28.6. The Hall–Kier alpha value is -1.92. The lowest BCUT2D eigenvalue weighted by atomic mass is 10.3. The number of aryl methyl sites for hydroxylation is 2. The van der Waals surface area contributed by atoms with Gasteiger partial charge in [0.2, 0.25) is 0 Å². The van der Waals surface area contributed by atoms with Gasteiger partial charge < -0.3 is 10.1 Å². The molecule has 2 rings (SSSR count). The smallest absolute Gasteiger partial charge is 0.351 e. The number of carbonyl (C=O) groups excluding carboxylic acids is 2. The molecule has 1 heterocycles. The van der Waals surface area contributed by atoms with Crippen LogP contribution >= 0.6 is 22.9 Å². The van der Waals surface area contributed by atoms with Crippen molar-refractivity contribution in [1.29, 1.82) is 0 Å².